The molecule has 0 aliphatic rings. The zero-order valence-corrected chi connectivity index (χ0v) is 11.1. The largest absolute Gasteiger partial charge is 0.388 e. The maximum absolute atomic E-state index is 10.1. The lowest BCUT2D eigenvalue weighted by Crippen LogP contribution is -2.09. The van der Waals surface area contributed by atoms with Crippen molar-refractivity contribution in [1.82, 2.24) is 14.8 Å². The Hall–Kier alpha value is -1.20. The number of hydrogen-bond acceptors (Lipinski definition) is 3. The zero-order valence-electron chi connectivity index (χ0n) is 9.55. The molecule has 2 aromatic rings. The van der Waals surface area contributed by atoms with Crippen LogP contribution < -0.4 is 0 Å². The number of aromatic nitrogens is 3. The average molecular weight is 296 g/mol. The summed E-state index contributed by atoms with van der Waals surface area (Å²) in [4.78, 5) is 4.16. The number of hydrogen-bond donors (Lipinski definition) is 1. The topological polar surface area (TPSA) is 50.9 Å². The second kappa shape index (κ2) is 5.42. The van der Waals surface area contributed by atoms with Gasteiger partial charge in [-0.1, -0.05) is 28.1 Å². The number of benzene rings is 1. The summed E-state index contributed by atoms with van der Waals surface area (Å²) < 4.78 is 2.76. The van der Waals surface area contributed by atoms with Gasteiger partial charge < -0.3 is 5.11 Å². The molecule has 1 atom stereocenters. The molecule has 5 heteroatoms. The van der Waals surface area contributed by atoms with Crippen LogP contribution in [0.1, 0.15) is 24.4 Å². The first-order chi connectivity index (χ1) is 8.20. The Morgan fingerprint density at radius 3 is 3.00 bits per heavy atom. The highest BCUT2D eigenvalue weighted by molar-refractivity contribution is 9.10. The third-order valence-electron chi connectivity index (χ3n) is 2.60. The van der Waals surface area contributed by atoms with Crippen molar-refractivity contribution in [2.24, 2.45) is 0 Å². The molecule has 1 aromatic carbocycles. The van der Waals surface area contributed by atoms with Crippen LogP contribution in [-0.4, -0.2) is 19.9 Å². The zero-order chi connectivity index (χ0) is 12.3. The summed E-state index contributed by atoms with van der Waals surface area (Å²) in [5, 5.41) is 14.2. The molecule has 0 saturated heterocycles. The summed E-state index contributed by atoms with van der Waals surface area (Å²) in [6.07, 6.45) is 1.44. The van der Waals surface area contributed by atoms with Gasteiger partial charge in [0, 0.05) is 17.4 Å². The van der Waals surface area contributed by atoms with E-state index in [9.17, 15) is 5.11 Å². The molecule has 2 rings (SSSR count). The van der Waals surface area contributed by atoms with Crippen LogP contribution >= 0.6 is 15.9 Å². The number of aliphatic hydroxyl groups is 1. The highest BCUT2D eigenvalue weighted by Crippen LogP contribution is 2.20. The summed E-state index contributed by atoms with van der Waals surface area (Å²) >= 11 is 3.39. The lowest BCUT2D eigenvalue weighted by Gasteiger charge is -2.11. The van der Waals surface area contributed by atoms with E-state index in [1.807, 2.05) is 31.2 Å². The number of aryl methyl sites for hydroxylation is 1. The number of rotatable bonds is 4. The number of aliphatic hydroxyl groups excluding tert-OH is 1. The lowest BCUT2D eigenvalue weighted by molar-refractivity contribution is 0.174. The van der Waals surface area contributed by atoms with Crippen molar-refractivity contribution in [3.63, 3.8) is 0 Å². The minimum Gasteiger partial charge on any atom is -0.388 e. The molecule has 4 nitrogen and oxygen atoms in total. The van der Waals surface area contributed by atoms with E-state index in [1.54, 1.807) is 4.68 Å². The van der Waals surface area contributed by atoms with Gasteiger partial charge in [0.1, 0.15) is 12.2 Å². The van der Waals surface area contributed by atoms with Crippen molar-refractivity contribution in [1.29, 1.82) is 0 Å². The monoisotopic (exact) mass is 295 g/mol. The van der Waals surface area contributed by atoms with E-state index in [4.69, 9.17) is 0 Å². The van der Waals surface area contributed by atoms with Crippen LogP contribution in [0.4, 0.5) is 0 Å². The van der Waals surface area contributed by atoms with Gasteiger partial charge in [-0.25, -0.2) is 4.98 Å². The summed E-state index contributed by atoms with van der Waals surface area (Å²) in [5.41, 5.74) is 0.880. The molecule has 1 aromatic heterocycles. The maximum atomic E-state index is 10.1. The SMILES string of the molecule is CCn1ncnc1CC(O)c1cccc(Br)c1. The molecule has 1 heterocycles. The Balaban J connectivity index is 2.14. The van der Waals surface area contributed by atoms with Gasteiger partial charge in [-0.2, -0.15) is 5.10 Å². The molecule has 1 N–H and O–H groups in total. The first-order valence-electron chi connectivity index (χ1n) is 5.51. The first-order valence-corrected chi connectivity index (χ1v) is 6.30. The summed E-state index contributed by atoms with van der Waals surface area (Å²) in [6, 6.07) is 7.66. The summed E-state index contributed by atoms with van der Waals surface area (Å²) in [5.74, 6) is 0.806. The minimum absolute atomic E-state index is 0.476. The van der Waals surface area contributed by atoms with E-state index >= 15 is 0 Å². The minimum atomic E-state index is -0.554. The van der Waals surface area contributed by atoms with Crippen LogP contribution in [0, 0.1) is 0 Å². The quantitative estimate of drug-likeness (QED) is 0.942. The van der Waals surface area contributed by atoms with Crippen LogP contribution in [0.15, 0.2) is 35.1 Å². The number of halogens is 1. The van der Waals surface area contributed by atoms with Gasteiger partial charge in [-0.15, -0.1) is 0 Å². The van der Waals surface area contributed by atoms with E-state index in [0.717, 1.165) is 22.4 Å². The van der Waals surface area contributed by atoms with Crippen LogP contribution in [0.25, 0.3) is 0 Å². The van der Waals surface area contributed by atoms with E-state index in [1.165, 1.54) is 6.33 Å². The molecule has 0 fully saturated rings. The third-order valence-corrected chi connectivity index (χ3v) is 3.10. The van der Waals surface area contributed by atoms with E-state index in [-0.39, 0.29) is 0 Å². The molecule has 0 bridgehead atoms. The molecule has 0 aliphatic carbocycles. The smallest absolute Gasteiger partial charge is 0.138 e. The molecule has 1 unspecified atom stereocenters. The highest BCUT2D eigenvalue weighted by atomic mass is 79.9. The van der Waals surface area contributed by atoms with Crippen LogP contribution in [0.3, 0.4) is 0 Å². The van der Waals surface area contributed by atoms with E-state index in [0.29, 0.717) is 6.42 Å². The van der Waals surface area contributed by atoms with Crippen LogP contribution in [0.5, 0.6) is 0 Å². The standard InChI is InChI=1S/C12H14BrN3O/c1-2-16-12(14-8-15-16)7-11(17)9-4-3-5-10(13)6-9/h3-6,8,11,17H,2,7H2,1H3. The fourth-order valence-corrected chi connectivity index (χ4v) is 2.13. The Morgan fingerprint density at radius 2 is 2.29 bits per heavy atom. The Bertz CT molecular complexity index is 498. The Kier molecular flexibility index (Phi) is 3.91. The molecule has 0 spiro atoms. The van der Waals surface area contributed by atoms with Crippen molar-refractivity contribution < 1.29 is 5.11 Å². The molecular formula is C12H14BrN3O. The molecular weight excluding hydrogens is 282 g/mol. The van der Waals surface area contributed by atoms with Crippen molar-refractivity contribution in [3.05, 3.63) is 46.5 Å². The maximum Gasteiger partial charge on any atom is 0.138 e. The normalized spacial score (nSPS) is 12.6. The predicted molar refractivity (Wildman–Crippen MR) is 68.5 cm³/mol. The molecule has 0 amide bonds. The fourth-order valence-electron chi connectivity index (χ4n) is 1.71. The summed E-state index contributed by atoms with van der Waals surface area (Å²) in [6.45, 7) is 2.77. The third kappa shape index (κ3) is 2.92. The van der Waals surface area contributed by atoms with Gasteiger partial charge in [0.05, 0.1) is 6.10 Å². The van der Waals surface area contributed by atoms with Gasteiger partial charge in [0.15, 0.2) is 0 Å². The van der Waals surface area contributed by atoms with Gasteiger partial charge in [-0.05, 0) is 24.6 Å². The van der Waals surface area contributed by atoms with E-state index < -0.39 is 6.10 Å². The molecule has 17 heavy (non-hydrogen) atoms. The van der Waals surface area contributed by atoms with Crippen molar-refractivity contribution >= 4 is 15.9 Å². The first kappa shape index (κ1) is 12.3. The average Bonchev–Trinajstić information content (AvgIpc) is 2.76. The van der Waals surface area contributed by atoms with Gasteiger partial charge in [0.2, 0.25) is 0 Å². The summed E-state index contributed by atoms with van der Waals surface area (Å²) in [7, 11) is 0. The second-order valence-electron chi connectivity index (χ2n) is 3.77. The van der Waals surface area contributed by atoms with Crippen molar-refractivity contribution in [2.45, 2.75) is 26.0 Å². The van der Waals surface area contributed by atoms with E-state index in [2.05, 4.69) is 26.0 Å². The second-order valence-corrected chi connectivity index (χ2v) is 4.68. The van der Waals surface area contributed by atoms with Crippen molar-refractivity contribution in [2.75, 3.05) is 0 Å². The molecule has 0 aliphatic heterocycles. The molecule has 90 valence electrons. The van der Waals surface area contributed by atoms with Crippen LogP contribution in [-0.2, 0) is 13.0 Å². The van der Waals surface area contributed by atoms with Crippen LogP contribution in [0.2, 0.25) is 0 Å². The van der Waals surface area contributed by atoms with Gasteiger partial charge in [-0.3, -0.25) is 4.68 Å². The Labute approximate surface area is 108 Å². The Morgan fingerprint density at radius 1 is 1.47 bits per heavy atom. The predicted octanol–water partition coefficient (Wildman–Crippen LogP) is 2.34. The lowest BCUT2D eigenvalue weighted by atomic mass is 10.1. The van der Waals surface area contributed by atoms with Gasteiger partial charge >= 0.3 is 0 Å². The molecule has 0 radical (unpaired) electrons. The highest BCUT2D eigenvalue weighted by Gasteiger charge is 2.12. The van der Waals surface area contributed by atoms with Gasteiger partial charge in [0.25, 0.3) is 0 Å². The molecule has 0 saturated carbocycles. The fraction of sp³-hybridized carbons (Fsp3) is 0.333. The number of nitrogens with zero attached hydrogens (tertiary/aromatic N) is 3. The van der Waals surface area contributed by atoms with Crippen molar-refractivity contribution in [3.8, 4) is 0 Å².